The number of sulfone groups is 1. The first kappa shape index (κ1) is 21.9. The molecule has 4 nitrogen and oxygen atoms in total. The highest BCUT2D eigenvalue weighted by Gasteiger charge is 2.17. The molecule has 0 saturated carbocycles. The van der Waals surface area contributed by atoms with Crippen LogP contribution in [0.2, 0.25) is 0 Å². The Morgan fingerprint density at radius 3 is 2.34 bits per heavy atom. The van der Waals surface area contributed by atoms with Crippen molar-refractivity contribution in [3.8, 4) is 22.3 Å². The first-order chi connectivity index (χ1) is 15.3. The number of aldehydes is 1. The zero-order valence-electron chi connectivity index (χ0n) is 18.2. The van der Waals surface area contributed by atoms with Gasteiger partial charge in [0.1, 0.15) is 16.1 Å². The fraction of sp³-hybridized carbons (Fsp3) is 0.185. The fourth-order valence-corrected chi connectivity index (χ4v) is 4.41. The summed E-state index contributed by atoms with van der Waals surface area (Å²) in [5, 5.41) is 0.524. The van der Waals surface area contributed by atoms with E-state index in [-0.39, 0.29) is 0 Å². The third-order valence-corrected chi connectivity index (χ3v) is 7.40. The Morgan fingerprint density at radius 1 is 0.875 bits per heavy atom. The van der Waals surface area contributed by atoms with Crippen LogP contribution < -0.4 is 0 Å². The summed E-state index contributed by atoms with van der Waals surface area (Å²) in [7, 11) is -3.12. The second kappa shape index (κ2) is 9.05. The molecular formula is C27H25NO3S. The van der Waals surface area contributed by atoms with E-state index >= 15 is 0 Å². The van der Waals surface area contributed by atoms with Gasteiger partial charge in [-0.25, -0.2) is 8.42 Å². The van der Waals surface area contributed by atoms with Crippen LogP contribution in [0.4, 0.5) is 0 Å². The van der Waals surface area contributed by atoms with Crippen molar-refractivity contribution in [3.05, 3.63) is 90.1 Å². The lowest BCUT2D eigenvalue weighted by molar-refractivity contribution is -0.107. The molecule has 5 heteroatoms. The second-order valence-corrected chi connectivity index (χ2v) is 10.7. The Hall–Kier alpha value is -3.31. The lowest BCUT2D eigenvalue weighted by Gasteiger charge is -2.14. The highest BCUT2D eigenvalue weighted by molar-refractivity contribution is 7.91. The molecule has 0 aliphatic carbocycles. The van der Waals surface area contributed by atoms with E-state index in [2.05, 4.69) is 23.2 Å². The molecule has 0 N–H and O–H groups in total. The quantitative estimate of drug-likeness (QED) is 0.364. The molecule has 162 valence electrons. The van der Waals surface area contributed by atoms with Gasteiger partial charge in [-0.2, -0.15) is 0 Å². The number of hydrogen-bond acceptors (Lipinski definition) is 4. The Kier molecular flexibility index (Phi) is 6.19. The molecule has 0 aliphatic heterocycles. The predicted molar refractivity (Wildman–Crippen MR) is 130 cm³/mol. The minimum absolute atomic E-state index is 0.392. The van der Waals surface area contributed by atoms with Crippen molar-refractivity contribution < 1.29 is 13.2 Å². The number of aromatic nitrogens is 1. The Labute approximate surface area is 188 Å². The number of benzene rings is 3. The van der Waals surface area contributed by atoms with E-state index in [1.54, 1.807) is 13.1 Å². The molecule has 4 rings (SSSR count). The Morgan fingerprint density at radius 2 is 1.59 bits per heavy atom. The van der Waals surface area contributed by atoms with Gasteiger partial charge in [-0.15, -0.1) is 0 Å². The maximum Gasteiger partial charge on any atom is 0.150 e. The molecule has 0 radical (unpaired) electrons. The first-order valence-corrected chi connectivity index (χ1v) is 12.5. The van der Waals surface area contributed by atoms with Gasteiger partial charge in [0.15, 0.2) is 0 Å². The molecule has 0 bridgehead atoms. The minimum atomic E-state index is -3.12. The molecule has 1 unspecified atom stereocenters. The van der Waals surface area contributed by atoms with Crippen molar-refractivity contribution in [2.45, 2.75) is 25.0 Å². The molecule has 0 fully saturated rings. The van der Waals surface area contributed by atoms with Crippen molar-refractivity contribution in [3.63, 3.8) is 0 Å². The summed E-state index contributed by atoms with van der Waals surface area (Å²) in [6, 6.07) is 24.2. The molecule has 32 heavy (non-hydrogen) atoms. The van der Waals surface area contributed by atoms with E-state index in [0.29, 0.717) is 12.8 Å². The summed E-state index contributed by atoms with van der Waals surface area (Å²) < 4.78 is 24.0. The summed E-state index contributed by atoms with van der Waals surface area (Å²) in [5.41, 5.74) is 6.92. The van der Waals surface area contributed by atoms with Gasteiger partial charge in [0, 0.05) is 29.8 Å². The Balaban J connectivity index is 1.82. The van der Waals surface area contributed by atoms with Crippen molar-refractivity contribution >= 4 is 27.0 Å². The van der Waals surface area contributed by atoms with Gasteiger partial charge < -0.3 is 4.79 Å². The van der Waals surface area contributed by atoms with Crippen molar-refractivity contribution in [2.75, 3.05) is 6.26 Å². The smallest absolute Gasteiger partial charge is 0.150 e. The van der Waals surface area contributed by atoms with Gasteiger partial charge in [-0.3, -0.25) is 4.98 Å². The molecule has 0 aliphatic rings. The summed E-state index contributed by atoms with van der Waals surface area (Å²) >= 11 is 0. The van der Waals surface area contributed by atoms with Gasteiger partial charge in [0.25, 0.3) is 0 Å². The van der Waals surface area contributed by atoms with Crippen LogP contribution in [0.25, 0.3) is 33.2 Å². The standard InChI is InChI=1S/C27H25NO3S/c1-19(32(2,30)31)14-21-16-25-10-5-12-28-27(25)26(17-21)24-9-4-8-23(18-24)22-7-3-6-20(15-22)11-13-29/h3-10,12-13,15-19H,11,14H2,1-2H3. The lowest BCUT2D eigenvalue weighted by Crippen LogP contribution is -2.18. The fourth-order valence-electron chi connectivity index (χ4n) is 3.92. The Bertz CT molecular complexity index is 1390. The molecular weight excluding hydrogens is 418 g/mol. The molecule has 0 spiro atoms. The number of hydrogen-bond donors (Lipinski definition) is 0. The van der Waals surface area contributed by atoms with Crippen LogP contribution in [0, 0.1) is 0 Å². The third-order valence-electron chi connectivity index (χ3n) is 5.77. The van der Waals surface area contributed by atoms with E-state index in [1.165, 1.54) is 6.26 Å². The van der Waals surface area contributed by atoms with Gasteiger partial charge in [0.2, 0.25) is 0 Å². The average Bonchev–Trinajstić information content (AvgIpc) is 2.78. The highest BCUT2D eigenvalue weighted by Crippen LogP contribution is 2.32. The maximum atomic E-state index is 12.0. The predicted octanol–water partition coefficient (Wildman–Crippen LogP) is 5.29. The topological polar surface area (TPSA) is 64.1 Å². The summed E-state index contributed by atoms with van der Waals surface area (Å²) in [5.74, 6) is 0. The molecule has 0 amide bonds. The molecule has 4 aromatic rings. The molecule has 0 saturated heterocycles. The maximum absolute atomic E-state index is 12.0. The number of rotatable bonds is 7. The highest BCUT2D eigenvalue weighted by atomic mass is 32.2. The second-order valence-electron chi connectivity index (χ2n) is 8.21. The molecule has 1 atom stereocenters. The average molecular weight is 444 g/mol. The van der Waals surface area contributed by atoms with Crippen molar-refractivity contribution in [2.24, 2.45) is 0 Å². The van der Waals surface area contributed by atoms with E-state index in [0.717, 1.165) is 50.6 Å². The molecule has 1 aromatic heterocycles. The number of carbonyl (C=O) groups is 1. The van der Waals surface area contributed by atoms with Crippen LogP contribution in [0.5, 0.6) is 0 Å². The van der Waals surface area contributed by atoms with Crippen LogP contribution >= 0.6 is 0 Å². The monoisotopic (exact) mass is 443 g/mol. The largest absolute Gasteiger partial charge is 0.303 e. The summed E-state index contributed by atoms with van der Waals surface area (Å²) in [6.07, 6.45) is 4.81. The lowest BCUT2D eigenvalue weighted by atomic mass is 9.94. The van der Waals surface area contributed by atoms with E-state index in [4.69, 9.17) is 0 Å². The van der Waals surface area contributed by atoms with Gasteiger partial charge in [0.05, 0.1) is 10.8 Å². The zero-order chi connectivity index (χ0) is 22.7. The first-order valence-electron chi connectivity index (χ1n) is 10.5. The van der Waals surface area contributed by atoms with E-state index in [9.17, 15) is 13.2 Å². The van der Waals surface area contributed by atoms with Gasteiger partial charge in [-0.1, -0.05) is 48.5 Å². The summed E-state index contributed by atoms with van der Waals surface area (Å²) in [4.78, 5) is 15.5. The van der Waals surface area contributed by atoms with E-state index in [1.807, 2.05) is 54.6 Å². The number of fused-ring (bicyclic) bond motifs is 1. The van der Waals surface area contributed by atoms with Gasteiger partial charge in [-0.05, 0) is 65.4 Å². The summed E-state index contributed by atoms with van der Waals surface area (Å²) in [6.45, 7) is 1.75. The number of nitrogens with zero attached hydrogens (tertiary/aromatic N) is 1. The minimum Gasteiger partial charge on any atom is -0.303 e. The van der Waals surface area contributed by atoms with Crippen molar-refractivity contribution in [1.82, 2.24) is 4.98 Å². The zero-order valence-corrected chi connectivity index (χ0v) is 19.0. The van der Waals surface area contributed by atoms with E-state index < -0.39 is 15.1 Å². The van der Waals surface area contributed by atoms with Crippen LogP contribution in [0.1, 0.15) is 18.1 Å². The normalized spacial score (nSPS) is 12.6. The molecule has 3 aromatic carbocycles. The van der Waals surface area contributed by atoms with Crippen molar-refractivity contribution in [1.29, 1.82) is 0 Å². The van der Waals surface area contributed by atoms with Crippen LogP contribution in [0.15, 0.2) is 79.0 Å². The van der Waals surface area contributed by atoms with Crippen LogP contribution in [-0.2, 0) is 27.5 Å². The molecule has 1 heterocycles. The van der Waals surface area contributed by atoms with Crippen LogP contribution in [-0.4, -0.2) is 31.2 Å². The third kappa shape index (κ3) is 4.78. The number of carbonyl (C=O) groups excluding carboxylic acids is 1. The van der Waals surface area contributed by atoms with Gasteiger partial charge >= 0.3 is 0 Å². The number of pyridine rings is 1. The SMILES string of the molecule is CC(Cc1cc(-c2cccc(-c3cccc(CC=O)c3)c2)c2ncccc2c1)S(C)(=O)=O. The van der Waals surface area contributed by atoms with Crippen LogP contribution in [0.3, 0.4) is 0 Å².